The molecule has 0 unspecified atom stereocenters. The van der Waals surface area contributed by atoms with Crippen LogP contribution in [-0.2, 0) is 11.2 Å². The maximum absolute atomic E-state index is 11.9. The molecule has 0 aliphatic rings. The van der Waals surface area contributed by atoms with Crippen molar-refractivity contribution < 1.29 is 9.59 Å². The molecule has 116 valence electrons. The summed E-state index contributed by atoms with van der Waals surface area (Å²) in [5.41, 5.74) is 0.836. The van der Waals surface area contributed by atoms with Crippen LogP contribution in [0.3, 0.4) is 0 Å². The minimum Gasteiger partial charge on any atom is -0.351 e. The van der Waals surface area contributed by atoms with E-state index in [-0.39, 0.29) is 24.8 Å². The van der Waals surface area contributed by atoms with Gasteiger partial charge in [0.1, 0.15) is 10.7 Å². The van der Waals surface area contributed by atoms with Gasteiger partial charge in [-0.25, -0.2) is 9.97 Å². The van der Waals surface area contributed by atoms with E-state index in [0.29, 0.717) is 10.7 Å². The Kier molecular flexibility index (Phi) is 5.60. The lowest BCUT2D eigenvalue weighted by Gasteiger charge is -2.06. The van der Waals surface area contributed by atoms with E-state index >= 15 is 0 Å². The van der Waals surface area contributed by atoms with E-state index in [2.05, 4.69) is 20.6 Å². The van der Waals surface area contributed by atoms with Gasteiger partial charge in [-0.15, -0.1) is 11.3 Å². The molecule has 0 aromatic carbocycles. The molecule has 2 rings (SSSR count). The van der Waals surface area contributed by atoms with Gasteiger partial charge in [-0.05, 0) is 25.5 Å². The maximum Gasteiger partial charge on any atom is 0.263 e. The minimum atomic E-state index is -0.196. The predicted octanol–water partition coefficient (Wildman–Crippen LogP) is 2.17. The van der Waals surface area contributed by atoms with Gasteiger partial charge in [0, 0.05) is 18.7 Å². The molecule has 2 heterocycles. The van der Waals surface area contributed by atoms with Crippen LogP contribution >= 0.6 is 11.3 Å². The van der Waals surface area contributed by atoms with E-state index in [0.717, 1.165) is 17.1 Å². The van der Waals surface area contributed by atoms with Crippen LogP contribution in [0, 0.1) is 6.92 Å². The van der Waals surface area contributed by atoms with Crippen LogP contribution < -0.4 is 10.6 Å². The van der Waals surface area contributed by atoms with E-state index in [4.69, 9.17) is 0 Å². The number of rotatable bonds is 6. The Morgan fingerprint density at radius 2 is 2.14 bits per heavy atom. The summed E-state index contributed by atoms with van der Waals surface area (Å²) in [6, 6.07) is 5.41. The normalized spacial score (nSPS) is 10.3. The molecule has 7 heteroatoms. The monoisotopic (exact) mass is 318 g/mol. The standard InChI is InChI=1S/C15H18N4O2S/c1-3-14-17-9-11(22-14)15(21)16-8-7-13(20)19-12-6-4-5-10(2)18-12/h4-6,9H,3,7-8H2,1-2H3,(H,16,21)(H,18,19,20). The van der Waals surface area contributed by atoms with Gasteiger partial charge < -0.3 is 10.6 Å². The summed E-state index contributed by atoms with van der Waals surface area (Å²) >= 11 is 1.37. The Morgan fingerprint density at radius 3 is 2.82 bits per heavy atom. The first kappa shape index (κ1) is 16.1. The van der Waals surface area contributed by atoms with E-state index in [9.17, 15) is 9.59 Å². The number of anilines is 1. The van der Waals surface area contributed by atoms with Gasteiger partial charge in [-0.2, -0.15) is 0 Å². The topological polar surface area (TPSA) is 84.0 Å². The Labute approximate surface area is 133 Å². The molecule has 0 radical (unpaired) electrons. The summed E-state index contributed by atoms with van der Waals surface area (Å²) < 4.78 is 0. The minimum absolute atomic E-state index is 0.183. The van der Waals surface area contributed by atoms with Crippen LogP contribution in [0.2, 0.25) is 0 Å². The van der Waals surface area contributed by atoms with Crippen LogP contribution in [-0.4, -0.2) is 28.3 Å². The highest BCUT2D eigenvalue weighted by molar-refractivity contribution is 7.13. The fourth-order valence-corrected chi connectivity index (χ4v) is 2.55. The first-order valence-corrected chi connectivity index (χ1v) is 7.86. The number of thiazole rings is 1. The van der Waals surface area contributed by atoms with Gasteiger partial charge in [-0.1, -0.05) is 13.0 Å². The lowest BCUT2D eigenvalue weighted by atomic mass is 10.3. The summed E-state index contributed by atoms with van der Waals surface area (Å²) in [4.78, 5) is 32.5. The summed E-state index contributed by atoms with van der Waals surface area (Å²) in [5.74, 6) is 0.141. The summed E-state index contributed by atoms with van der Waals surface area (Å²) in [6.45, 7) is 4.12. The number of aromatic nitrogens is 2. The molecule has 2 N–H and O–H groups in total. The summed E-state index contributed by atoms with van der Waals surface area (Å²) in [7, 11) is 0. The van der Waals surface area contributed by atoms with Crippen LogP contribution in [0.1, 0.15) is 33.7 Å². The van der Waals surface area contributed by atoms with E-state index in [1.807, 2.05) is 26.0 Å². The maximum atomic E-state index is 11.9. The molecule has 0 bridgehead atoms. The van der Waals surface area contributed by atoms with Crippen molar-refractivity contribution >= 4 is 29.0 Å². The SMILES string of the molecule is CCc1ncc(C(=O)NCCC(=O)Nc2cccc(C)n2)s1. The molecule has 2 aromatic rings. The van der Waals surface area contributed by atoms with E-state index < -0.39 is 0 Å². The Morgan fingerprint density at radius 1 is 1.32 bits per heavy atom. The number of nitrogens with zero attached hydrogens (tertiary/aromatic N) is 2. The molecular weight excluding hydrogens is 300 g/mol. The van der Waals surface area contributed by atoms with Crippen molar-refractivity contribution in [2.24, 2.45) is 0 Å². The number of hydrogen-bond donors (Lipinski definition) is 2. The molecule has 0 saturated heterocycles. The Bertz CT molecular complexity index is 669. The van der Waals surface area contributed by atoms with Crippen LogP contribution in [0.15, 0.2) is 24.4 Å². The van der Waals surface area contributed by atoms with Gasteiger partial charge in [0.15, 0.2) is 0 Å². The lowest BCUT2D eigenvalue weighted by molar-refractivity contribution is -0.116. The fraction of sp³-hybridized carbons (Fsp3) is 0.333. The predicted molar refractivity (Wildman–Crippen MR) is 86.0 cm³/mol. The molecule has 0 atom stereocenters. The fourth-order valence-electron chi connectivity index (χ4n) is 1.77. The Balaban J connectivity index is 1.76. The zero-order valence-electron chi connectivity index (χ0n) is 12.5. The summed E-state index contributed by atoms with van der Waals surface area (Å²) in [6.07, 6.45) is 2.57. The third kappa shape index (κ3) is 4.63. The van der Waals surface area contributed by atoms with E-state index in [1.165, 1.54) is 11.3 Å². The molecule has 2 aromatic heterocycles. The second-order valence-electron chi connectivity index (χ2n) is 4.69. The second-order valence-corrected chi connectivity index (χ2v) is 5.81. The smallest absolute Gasteiger partial charge is 0.263 e. The van der Waals surface area contributed by atoms with Gasteiger partial charge in [0.05, 0.1) is 11.2 Å². The third-order valence-corrected chi connectivity index (χ3v) is 4.01. The molecule has 0 aliphatic carbocycles. The number of aryl methyl sites for hydroxylation is 2. The molecule has 6 nitrogen and oxygen atoms in total. The van der Waals surface area contributed by atoms with Crippen molar-refractivity contribution in [2.45, 2.75) is 26.7 Å². The highest BCUT2D eigenvalue weighted by Gasteiger charge is 2.10. The van der Waals surface area contributed by atoms with Crippen LogP contribution in [0.4, 0.5) is 5.82 Å². The molecular formula is C15H18N4O2S. The number of nitrogens with one attached hydrogen (secondary N) is 2. The molecule has 22 heavy (non-hydrogen) atoms. The van der Waals surface area contributed by atoms with Crippen molar-refractivity contribution in [3.63, 3.8) is 0 Å². The number of hydrogen-bond acceptors (Lipinski definition) is 5. The number of pyridine rings is 1. The highest BCUT2D eigenvalue weighted by atomic mass is 32.1. The number of carbonyl (C=O) groups is 2. The molecule has 0 spiro atoms. The van der Waals surface area contributed by atoms with Gasteiger partial charge >= 0.3 is 0 Å². The van der Waals surface area contributed by atoms with Gasteiger partial charge in [0.25, 0.3) is 5.91 Å². The van der Waals surface area contributed by atoms with Crippen molar-refractivity contribution in [2.75, 3.05) is 11.9 Å². The molecule has 0 fully saturated rings. The van der Waals surface area contributed by atoms with Crippen LogP contribution in [0.25, 0.3) is 0 Å². The first-order chi connectivity index (χ1) is 10.6. The van der Waals surface area contributed by atoms with Crippen molar-refractivity contribution in [1.29, 1.82) is 0 Å². The van der Waals surface area contributed by atoms with E-state index in [1.54, 1.807) is 12.3 Å². The highest BCUT2D eigenvalue weighted by Crippen LogP contribution is 2.12. The largest absolute Gasteiger partial charge is 0.351 e. The average molecular weight is 318 g/mol. The first-order valence-electron chi connectivity index (χ1n) is 7.05. The van der Waals surface area contributed by atoms with Crippen molar-refractivity contribution in [3.8, 4) is 0 Å². The summed E-state index contributed by atoms with van der Waals surface area (Å²) in [5, 5.41) is 6.34. The van der Waals surface area contributed by atoms with Gasteiger partial charge in [-0.3, -0.25) is 9.59 Å². The lowest BCUT2D eigenvalue weighted by Crippen LogP contribution is -2.27. The second kappa shape index (κ2) is 7.65. The van der Waals surface area contributed by atoms with Crippen molar-refractivity contribution in [1.82, 2.24) is 15.3 Å². The zero-order valence-corrected chi connectivity index (χ0v) is 13.4. The number of amides is 2. The molecule has 2 amide bonds. The average Bonchev–Trinajstić information content (AvgIpc) is 2.96. The zero-order chi connectivity index (χ0) is 15.9. The quantitative estimate of drug-likeness (QED) is 0.855. The Hall–Kier alpha value is -2.28. The molecule has 0 saturated carbocycles. The molecule has 0 aliphatic heterocycles. The van der Waals surface area contributed by atoms with Crippen LogP contribution in [0.5, 0.6) is 0 Å². The van der Waals surface area contributed by atoms with Gasteiger partial charge in [0.2, 0.25) is 5.91 Å². The van der Waals surface area contributed by atoms with Crippen molar-refractivity contribution in [3.05, 3.63) is 40.0 Å². The number of carbonyl (C=O) groups excluding carboxylic acids is 2. The third-order valence-electron chi connectivity index (χ3n) is 2.87.